The highest BCUT2D eigenvalue weighted by atomic mass is 16.1. The quantitative estimate of drug-likeness (QED) is 0.264. The monoisotopic (exact) mass is 370 g/mol. The minimum absolute atomic E-state index is 0.00959. The van der Waals surface area contributed by atoms with Crippen molar-refractivity contribution in [2.24, 2.45) is 5.41 Å². The zero-order valence-electron chi connectivity index (χ0n) is 17.8. The molecule has 0 aromatic heterocycles. The van der Waals surface area contributed by atoms with Crippen LogP contribution in [0.4, 0.5) is 0 Å². The maximum Gasteiger partial charge on any atom is 0.251 e. The lowest BCUT2D eigenvalue weighted by atomic mass is 9.80. The molecule has 0 aliphatic heterocycles. The molecule has 2 N–H and O–H groups in total. The number of carbonyl (C=O) groups is 1. The lowest BCUT2D eigenvalue weighted by Crippen LogP contribution is -2.46. The second kappa shape index (κ2) is 14.0. The van der Waals surface area contributed by atoms with Crippen LogP contribution >= 0.6 is 0 Å². The summed E-state index contributed by atoms with van der Waals surface area (Å²) < 4.78 is 0. The van der Waals surface area contributed by atoms with Crippen molar-refractivity contribution in [2.45, 2.75) is 53.5 Å². The molecule has 0 radical (unpaired) electrons. The highest BCUT2D eigenvalue weighted by molar-refractivity contribution is 5.96. The molecule has 3 nitrogen and oxygen atoms in total. The number of allylic oxidation sites excluding steroid dienone is 6. The van der Waals surface area contributed by atoms with Gasteiger partial charge in [0.1, 0.15) is 0 Å². The Bertz CT molecular complexity index is 592. The summed E-state index contributed by atoms with van der Waals surface area (Å²) in [5.74, 6) is -0.0549. The van der Waals surface area contributed by atoms with Crippen LogP contribution in [0.25, 0.3) is 0 Å². The fourth-order valence-corrected chi connectivity index (χ4v) is 2.68. The summed E-state index contributed by atoms with van der Waals surface area (Å²) in [5.41, 5.74) is 1.82. The Morgan fingerprint density at radius 3 is 2.22 bits per heavy atom. The van der Waals surface area contributed by atoms with Gasteiger partial charge in [0.05, 0.1) is 0 Å². The molecule has 1 atom stereocenters. The van der Waals surface area contributed by atoms with Gasteiger partial charge in [-0.25, -0.2) is 0 Å². The fourth-order valence-electron chi connectivity index (χ4n) is 2.68. The van der Waals surface area contributed by atoms with Gasteiger partial charge in [-0.2, -0.15) is 0 Å². The van der Waals surface area contributed by atoms with Crippen LogP contribution in [-0.4, -0.2) is 25.0 Å². The molecule has 0 saturated carbocycles. The van der Waals surface area contributed by atoms with Crippen LogP contribution in [0.5, 0.6) is 0 Å². The van der Waals surface area contributed by atoms with Crippen molar-refractivity contribution in [3.63, 3.8) is 0 Å². The SMILES string of the molecule is C=C/C=C(\C=C/C)CNCCC(NC(=O)C(/C=C\C)=C/C=C)C(C)(C)CC. The van der Waals surface area contributed by atoms with Crippen molar-refractivity contribution in [3.8, 4) is 0 Å². The lowest BCUT2D eigenvalue weighted by molar-refractivity contribution is -0.118. The average molecular weight is 371 g/mol. The zero-order valence-corrected chi connectivity index (χ0v) is 17.8. The molecule has 0 heterocycles. The number of hydrogen-bond donors (Lipinski definition) is 2. The van der Waals surface area contributed by atoms with Crippen LogP contribution < -0.4 is 10.6 Å². The zero-order chi connectivity index (χ0) is 20.7. The molecule has 3 heteroatoms. The van der Waals surface area contributed by atoms with Crippen molar-refractivity contribution >= 4 is 5.91 Å². The third-order valence-corrected chi connectivity index (χ3v) is 4.72. The smallest absolute Gasteiger partial charge is 0.251 e. The Kier molecular flexibility index (Phi) is 12.9. The van der Waals surface area contributed by atoms with Crippen LogP contribution in [0.1, 0.15) is 47.5 Å². The second-order valence-corrected chi connectivity index (χ2v) is 7.17. The molecule has 1 unspecified atom stereocenters. The molecule has 0 rings (SSSR count). The fraction of sp³-hybridized carbons (Fsp3) is 0.458. The highest BCUT2D eigenvalue weighted by Crippen LogP contribution is 2.27. The molecule has 0 spiro atoms. The molecule has 27 heavy (non-hydrogen) atoms. The first-order valence-corrected chi connectivity index (χ1v) is 9.77. The summed E-state index contributed by atoms with van der Waals surface area (Å²) >= 11 is 0. The van der Waals surface area contributed by atoms with E-state index < -0.39 is 0 Å². The molecule has 150 valence electrons. The molecule has 0 aliphatic rings. The number of carbonyl (C=O) groups excluding carboxylic acids is 1. The number of hydrogen-bond acceptors (Lipinski definition) is 2. The molecule has 0 aromatic rings. The molecule has 0 saturated heterocycles. The van der Waals surface area contributed by atoms with E-state index in [1.54, 1.807) is 18.2 Å². The third-order valence-electron chi connectivity index (χ3n) is 4.72. The topological polar surface area (TPSA) is 41.1 Å². The molecule has 0 aromatic carbocycles. The van der Waals surface area contributed by atoms with Crippen LogP contribution in [0.15, 0.2) is 72.9 Å². The number of amides is 1. The standard InChI is InChI=1S/C24H38N2O/c1-8-13-20(14-9-2)19-25-18-17-22(24(6,7)12-5)26-23(27)21(15-10-3)16-11-4/h8-11,13-16,22,25H,1,3,12,17-19H2,2,4-7H3,(H,26,27)/b14-9-,16-11-,20-13+,21-15+. The summed E-state index contributed by atoms with van der Waals surface area (Å²) in [6, 6.07) is 0.0783. The Morgan fingerprint density at radius 1 is 1.07 bits per heavy atom. The van der Waals surface area contributed by atoms with E-state index in [2.05, 4.69) is 50.6 Å². The van der Waals surface area contributed by atoms with Crippen LogP contribution in [0.2, 0.25) is 0 Å². The van der Waals surface area contributed by atoms with E-state index >= 15 is 0 Å². The third kappa shape index (κ3) is 9.95. The van der Waals surface area contributed by atoms with Crippen LogP contribution in [0.3, 0.4) is 0 Å². The van der Waals surface area contributed by atoms with Gasteiger partial charge in [0.2, 0.25) is 0 Å². The van der Waals surface area contributed by atoms with Gasteiger partial charge in [-0.05, 0) is 44.2 Å². The summed E-state index contributed by atoms with van der Waals surface area (Å²) in [6.45, 7) is 19.5. The van der Waals surface area contributed by atoms with E-state index in [0.717, 1.165) is 25.9 Å². The van der Waals surface area contributed by atoms with Gasteiger partial charge in [0.25, 0.3) is 5.91 Å². The Morgan fingerprint density at radius 2 is 1.70 bits per heavy atom. The van der Waals surface area contributed by atoms with Gasteiger partial charge in [-0.15, -0.1) is 0 Å². The molecular weight excluding hydrogens is 332 g/mol. The summed E-state index contributed by atoms with van der Waals surface area (Å²) in [4.78, 5) is 12.7. The summed E-state index contributed by atoms with van der Waals surface area (Å²) in [5, 5.41) is 6.70. The number of nitrogens with one attached hydrogen (secondary N) is 2. The highest BCUT2D eigenvalue weighted by Gasteiger charge is 2.29. The molecule has 0 bridgehead atoms. The normalized spacial score (nSPS) is 14.6. The first-order chi connectivity index (χ1) is 12.9. The minimum Gasteiger partial charge on any atom is -0.349 e. The van der Waals surface area contributed by atoms with E-state index in [-0.39, 0.29) is 17.4 Å². The predicted molar refractivity (Wildman–Crippen MR) is 120 cm³/mol. The molecule has 0 aliphatic carbocycles. The lowest BCUT2D eigenvalue weighted by Gasteiger charge is -2.34. The van der Waals surface area contributed by atoms with Crippen LogP contribution in [-0.2, 0) is 4.79 Å². The average Bonchev–Trinajstić information content (AvgIpc) is 2.64. The van der Waals surface area contributed by atoms with Gasteiger partial charge >= 0.3 is 0 Å². The summed E-state index contributed by atoms with van der Waals surface area (Å²) in [6.07, 6.45) is 16.8. The Balaban J connectivity index is 5.01. The van der Waals surface area contributed by atoms with E-state index in [9.17, 15) is 4.79 Å². The van der Waals surface area contributed by atoms with Gasteiger partial charge in [0.15, 0.2) is 0 Å². The van der Waals surface area contributed by atoms with E-state index in [4.69, 9.17) is 0 Å². The van der Waals surface area contributed by atoms with E-state index in [1.165, 1.54) is 5.57 Å². The van der Waals surface area contributed by atoms with Crippen molar-refractivity contribution in [3.05, 3.63) is 72.9 Å². The maximum absolute atomic E-state index is 12.7. The first kappa shape index (κ1) is 24.9. The van der Waals surface area contributed by atoms with Crippen molar-refractivity contribution in [1.29, 1.82) is 0 Å². The molecular formula is C24H38N2O. The Hall–Kier alpha value is -2.13. The Labute approximate surface area is 166 Å². The number of rotatable bonds is 13. The van der Waals surface area contributed by atoms with Gasteiger partial charge < -0.3 is 10.6 Å². The van der Waals surface area contributed by atoms with Gasteiger partial charge in [-0.3, -0.25) is 4.79 Å². The van der Waals surface area contributed by atoms with E-state index in [1.807, 2.05) is 38.2 Å². The molecule has 0 fully saturated rings. The largest absolute Gasteiger partial charge is 0.349 e. The maximum atomic E-state index is 12.7. The van der Waals surface area contributed by atoms with Crippen molar-refractivity contribution in [1.82, 2.24) is 10.6 Å². The van der Waals surface area contributed by atoms with Crippen molar-refractivity contribution in [2.75, 3.05) is 13.1 Å². The second-order valence-electron chi connectivity index (χ2n) is 7.17. The van der Waals surface area contributed by atoms with Gasteiger partial charge in [0, 0.05) is 18.2 Å². The first-order valence-electron chi connectivity index (χ1n) is 9.77. The summed E-state index contributed by atoms with van der Waals surface area (Å²) in [7, 11) is 0. The van der Waals surface area contributed by atoms with Gasteiger partial charge in [-0.1, -0.05) is 82.5 Å². The van der Waals surface area contributed by atoms with Crippen molar-refractivity contribution < 1.29 is 4.79 Å². The van der Waals surface area contributed by atoms with E-state index in [0.29, 0.717) is 5.57 Å². The predicted octanol–water partition coefficient (Wildman–Crippen LogP) is 5.26. The molecule has 1 amide bonds. The minimum atomic E-state index is -0.0549. The van der Waals surface area contributed by atoms with Crippen LogP contribution in [0, 0.1) is 5.41 Å².